The lowest BCUT2D eigenvalue weighted by Crippen LogP contribution is -2.33. The number of piperidine rings is 1. The van der Waals surface area contributed by atoms with Crippen molar-refractivity contribution in [1.82, 2.24) is 4.90 Å². The number of halogens is 1. The molecule has 2 aromatic heterocycles. The fourth-order valence-corrected chi connectivity index (χ4v) is 5.68. The van der Waals surface area contributed by atoms with E-state index < -0.39 is 5.89 Å². The largest absolute Gasteiger partial charge is 0.455 e. The summed E-state index contributed by atoms with van der Waals surface area (Å²) in [5.41, 5.74) is 4.93. The predicted molar refractivity (Wildman–Crippen MR) is 122 cm³/mol. The van der Waals surface area contributed by atoms with Crippen LogP contribution in [0.2, 0.25) is 0 Å². The third-order valence-electron chi connectivity index (χ3n) is 7.26. The zero-order chi connectivity index (χ0) is 22.0. The lowest BCUT2D eigenvalue weighted by molar-refractivity contribution is -0.660. The monoisotopic (exact) mass is 416 g/mol. The molecule has 4 aromatic rings. The zero-order valence-corrected chi connectivity index (χ0v) is 18.1. The molecule has 0 radical (unpaired) electrons. The molecule has 158 valence electrons. The highest BCUT2D eigenvalue weighted by Crippen LogP contribution is 2.44. The molecule has 0 saturated carbocycles. The lowest BCUT2D eigenvalue weighted by atomic mass is 9.92. The van der Waals surface area contributed by atoms with E-state index in [2.05, 4.69) is 34.6 Å². The van der Waals surface area contributed by atoms with Gasteiger partial charge in [-0.15, -0.1) is 0 Å². The average molecular weight is 417 g/mol. The van der Waals surface area contributed by atoms with Gasteiger partial charge in [0.2, 0.25) is 5.69 Å². The van der Waals surface area contributed by atoms with Crippen LogP contribution in [0.15, 0.2) is 53.1 Å². The average Bonchev–Trinajstić information content (AvgIpc) is 3.31. The van der Waals surface area contributed by atoms with E-state index in [4.69, 9.17) is 4.42 Å². The second kappa shape index (κ2) is 7.16. The van der Waals surface area contributed by atoms with E-state index in [1.165, 1.54) is 18.9 Å². The number of benzene rings is 2. The van der Waals surface area contributed by atoms with Crippen molar-refractivity contribution in [2.75, 3.05) is 13.1 Å². The standard InChI is InChI=1S/C27H28FN2O/c1-17-9-10-20-21-11-12-22(28)25(18-15-19-7-3-6-14-30(19)16-18)27(21)31-26(20)24(17)23-8-4-5-13-29(23)2/h4-5,8-13,18-19H,3,6-7,14-16H2,1-2H3/q+1/i18D. The molecule has 2 aromatic carbocycles. The molecule has 2 saturated heterocycles. The van der Waals surface area contributed by atoms with Crippen molar-refractivity contribution in [2.45, 2.75) is 44.5 Å². The topological polar surface area (TPSA) is 20.3 Å². The number of nitrogens with zero attached hydrogens (tertiary/aromatic N) is 2. The van der Waals surface area contributed by atoms with Crippen molar-refractivity contribution in [3.63, 3.8) is 0 Å². The Balaban J connectivity index is 1.61. The molecule has 3 nitrogen and oxygen atoms in total. The van der Waals surface area contributed by atoms with E-state index in [1.807, 2.05) is 31.4 Å². The molecule has 4 heteroatoms. The first-order chi connectivity index (χ1) is 15.5. The highest BCUT2D eigenvalue weighted by Gasteiger charge is 2.37. The molecule has 0 amide bonds. The van der Waals surface area contributed by atoms with Crippen LogP contribution in [0.25, 0.3) is 33.2 Å². The van der Waals surface area contributed by atoms with Crippen molar-refractivity contribution < 1.29 is 14.7 Å². The SMILES string of the molecule is [2H]C1(c2c(F)ccc3c2oc2c(-c4cccc[n+]4C)c(C)ccc23)CC2CCCCN2C1. The van der Waals surface area contributed by atoms with Gasteiger partial charge < -0.3 is 4.42 Å². The fourth-order valence-electron chi connectivity index (χ4n) is 5.68. The number of aromatic nitrogens is 1. The summed E-state index contributed by atoms with van der Waals surface area (Å²) >= 11 is 0. The van der Waals surface area contributed by atoms with Crippen LogP contribution in [0, 0.1) is 12.7 Å². The zero-order valence-electron chi connectivity index (χ0n) is 19.1. The summed E-state index contributed by atoms with van der Waals surface area (Å²) in [7, 11) is 2.02. The minimum Gasteiger partial charge on any atom is -0.455 e. The Morgan fingerprint density at radius 2 is 1.94 bits per heavy atom. The van der Waals surface area contributed by atoms with Gasteiger partial charge in [0.05, 0.1) is 5.56 Å². The highest BCUT2D eigenvalue weighted by atomic mass is 19.1. The van der Waals surface area contributed by atoms with Crippen LogP contribution in [-0.2, 0) is 7.05 Å². The summed E-state index contributed by atoms with van der Waals surface area (Å²) in [6, 6.07) is 14.0. The van der Waals surface area contributed by atoms with Gasteiger partial charge in [-0.05, 0) is 56.5 Å². The van der Waals surface area contributed by atoms with E-state index in [9.17, 15) is 1.37 Å². The van der Waals surface area contributed by atoms with Crippen LogP contribution in [0.1, 0.15) is 44.1 Å². The van der Waals surface area contributed by atoms with Gasteiger partial charge in [-0.1, -0.05) is 18.6 Å². The molecule has 0 N–H and O–H groups in total. The molecule has 2 fully saturated rings. The number of hydrogen-bond acceptors (Lipinski definition) is 2. The van der Waals surface area contributed by atoms with E-state index in [0.29, 0.717) is 30.2 Å². The number of furan rings is 1. The maximum atomic E-state index is 15.4. The van der Waals surface area contributed by atoms with Gasteiger partial charge in [0.25, 0.3) is 0 Å². The quantitative estimate of drug-likeness (QED) is 0.381. The van der Waals surface area contributed by atoms with Crippen LogP contribution in [0.4, 0.5) is 4.39 Å². The Hall–Kier alpha value is -2.72. The van der Waals surface area contributed by atoms with Crippen molar-refractivity contribution in [3.05, 3.63) is 65.6 Å². The second-order valence-corrected chi connectivity index (χ2v) is 9.16. The van der Waals surface area contributed by atoms with Crippen molar-refractivity contribution >= 4 is 21.9 Å². The van der Waals surface area contributed by atoms with Crippen LogP contribution < -0.4 is 4.57 Å². The van der Waals surface area contributed by atoms with Crippen LogP contribution >= 0.6 is 0 Å². The number of pyridine rings is 1. The van der Waals surface area contributed by atoms with Gasteiger partial charge in [0.1, 0.15) is 24.0 Å². The third kappa shape index (κ3) is 2.92. The highest BCUT2D eigenvalue weighted by molar-refractivity contribution is 6.10. The first-order valence-corrected chi connectivity index (χ1v) is 11.3. The minimum absolute atomic E-state index is 0.324. The third-order valence-corrected chi connectivity index (χ3v) is 7.26. The summed E-state index contributed by atoms with van der Waals surface area (Å²) in [5.74, 6) is -1.31. The molecule has 31 heavy (non-hydrogen) atoms. The summed E-state index contributed by atoms with van der Waals surface area (Å²) in [6.45, 7) is 3.67. The van der Waals surface area contributed by atoms with E-state index in [1.54, 1.807) is 0 Å². The Labute approximate surface area is 183 Å². The van der Waals surface area contributed by atoms with Crippen molar-refractivity contribution in [2.24, 2.45) is 7.05 Å². The van der Waals surface area contributed by atoms with Gasteiger partial charge >= 0.3 is 0 Å². The van der Waals surface area contributed by atoms with E-state index in [0.717, 1.165) is 46.1 Å². The Kier molecular flexibility index (Phi) is 4.14. The molecule has 0 spiro atoms. The maximum absolute atomic E-state index is 15.4. The molecule has 2 aliphatic heterocycles. The molecule has 2 atom stereocenters. The fraction of sp³-hybridized carbons (Fsp3) is 0.370. The van der Waals surface area contributed by atoms with E-state index in [-0.39, 0.29) is 5.82 Å². The minimum atomic E-state index is -0.987. The van der Waals surface area contributed by atoms with Crippen molar-refractivity contribution in [3.8, 4) is 11.3 Å². The maximum Gasteiger partial charge on any atom is 0.216 e. The first kappa shape index (κ1) is 17.9. The Morgan fingerprint density at radius 1 is 1.10 bits per heavy atom. The number of aryl methyl sites for hydroxylation is 2. The van der Waals surface area contributed by atoms with Crippen LogP contribution in [0.5, 0.6) is 0 Å². The normalized spacial score (nSPS) is 24.6. The molecule has 4 heterocycles. The van der Waals surface area contributed by atoms with Crippen LogP contribution in [0.3, 0.4) is 0 Å². The second-order valence-electron chi connectivity index (χ2n) is 9.16. The summed E-state index contributed by atoms with van der Waals surface area (Å²) in [4.78, 5) is 2.39. The van der Waals surface area contributed by atoms with Crippen molar-refractivity contribution in [1.29, 1.82) is 0 Å². The predicted octanol–water partition coefficient (Wildman–Crippen LogP) is 5.87. The summed E-state index contributed by atoms with van der Waals surface area (Å²) in [6.07, 6.45) is 6.16. The number of fused-ring (bicyclic) bond motifs is 4. The van der Waals surface area contributed by atoms with Gasteiger partial charge in [-0.3, -0.25) is 4.90 Å². The number of rotatable bonds is 2. The van der Waals surface area contributed by atoms with Crippen LogP contribution in [-0.4, -0.2) is 24.0 Å². The lowest BCUT2D eigenvalue weighted by Gasteiger charge is -2.28. The molecule has 2 unspecified atom stereocenters. The summed E-state index contributed by atoms with van der Waals surface area (Å²) in [5, 5.41) is 1.87. The molecule has 0 aliphatic carbocycles. The van der Waals surface area contributed by atoms with Gasteiger partial charge in [-0.2, -0.15) is 0 Å². The summed E-state index contributed by atoms with van der Waals surface area (Å²) < 4.78 is 33.4. The molecule has 2 aliphatic rings. The Bertz CT molecular complexity index is 1350. The first-order valence-electron chi connectivity index (χ1n) is 11.8. The Morgan fingerprint density at radius 3 is 2.77 bits per heavy atom. The number of hydrogen-bond donors (Lipinski definition) is 0. The van der Waals surface area contributed by atoms with E-state index >= 15 is 4.39 Å². The van der Waals surface area contributed by atoms with Gasteiger partial charge in [0.15, 0.2) is 6.20 Å². The molecular weight excluding hydrogens is 387 g/mol. The molecular formula is C27H28FN2O+. The molecule has 6 rings (SSSR count). The molecule has 0 bridgehead atoms. The van der Waals surface area contributed by atoms with Gasteiger partial charge in [0, 0.05) is 48.3 Å². The smallest absolute Gasteiger partial charge is 0.216 e. The van der Waals surface area contributed by atoms with Gasteiger partial charge in [-0.25, -0.2) is 8.96 Å².